The van der Waals surface area contributed by atoms with Gasteiger partial charge in [0.25, 0.3) is 0 Å². The first-order chi connectivity index (χ1) is 14.1. The van der Waals surface area contributed by atoms with Crippen LogP contribution in [0.3, 0.4) is 0 Å². The minimum Gasteiger partial charge on any atom is -0.396 e. The lowest BCUT2D eigenvalue weighted by atomic mass is 9.43. The van der Waals surface area contributed by atoms with E-state index in [1.807, 2.05) is 6.92 Å². The summed E-state index contributed by atoms with van der Waals surface area (Å²) in [6, 6.07) is 0. The molecule has 0 saturated heterocycles. The van der Waals surface area contributed by atoms with Crippen LogP contribution in [0.5, 0.6) is 0 Å². The van der Waals surface area contributed by atoms with Crippen LogP contribution in [0.15, 0.2) is 12.2 Å². The van der Waals surface area contributed by atoms with Crippen molar-refractivity contribution in [2.45, 2.75) is 91.0 Å². The predicted octanol–water partition coefficient (Wildman–Crippen LogP) is 3.77. The molecule has 4 nitrogen and oxygen atoms in total. The molecular weight excluding hydrogens is 376 g/mol. The van der Waals surface area contributed by atoms with Crippen LogP contribution in [0, 0.1) is 52.3 Å². The standard InChI is InChI=1S/C26H44O4/c1-15(14-27)5-6-16(2)20-13-23(30)24-18-12-22(29)21-11-17(28)7-9-25(21,3)19(18)8-10-26(20,24)4/h5-6,15-24,27-30H,7-14H2,1-4H3/b6-5+/t15-,16-,17+,18-,19+,20-,21-,22+,23-,24-,25-,26-/m1/s1. The first-order valence-corrected chi connectivity index (χ1v) is 12.4. The van der Waals surface area contributed by atoms with Gasteiger partial charge in [0.2, 0.25) is 0 Å². The van der Waals surface area contributed by atoms with Crippen molar-refractivity contribution in [3.63, 3.8) is 0 Å². The lowest BCUT2D eigenvalue weighted by Crippen LogP contribution is -2.59. The topological polar surface area (TPSA) is 80.9 Å². The summed E-state index contributed by atoms with van der Waals surface area (Å²) in [6.45, 7) is 9.25. The van der Waals surface area contributed by atoms with Crippen LogP contribution >= 0.6 is 0 Å². The molecule has 0 unspecified atom stereocenters. The summed E-state index contributed by atoms with van der Waals surface area (Å²) >= 11 is 0. The molecule has 30 heavy (non-hydrogen) atoms. The fraction of sp³-hybridized carbons (Fsp3) is 0.923. The number of aliphatic hydroxyl groups excluding tert-OH is 4. The van der Waals surface area contributed by atoms with Crippen molar-refractivity contribution in [2.75, 3.05) is 6.61 Å². The Kier molecular flexibility index (Phi) is 6.20. The predicted molar refractivity (Wildman–Crippen MR) is 119 cm³/mol. The molecule has 12 atom stereocenters. The van der Waals surface area contributed by atoms with Gasteiger partial charge in [0.1, 0.15) is 0 Å². The van der Waals surface area contributed by atoms with Gasteiger partial charge in [-0.15, -0.1) is 0 Å². The van der Waals surface area contributed by atoms with E-state index in [4.69, 9.17) is 0 Å². The molecule has 0 aliphatic heterocycles. The van der Waals surface area contributed by atoms with Crippen molar-refractivity contribution in [3.8, 4) is 0 Å². The van der Waals surface area contributed by atoms with Gasteiger partial charge in [-0.3, -0.25) is 0 Å². The fourth-order valence-corrected chi connectivity index (χ4v) is 8.77. The molecule has 4 aliphatic carbocycles. The van der Waals surface area contributed by atoms with Gasteiger partial charge in [-0.2, -0.15) is 0 Å². The first-order valence-electron chi connectivity index (χ1n) is 12.4. The Morgan fingerprint density at radius 3 is 2.27 bits per heavy atom. The zero-order valence-corrected chi connectivity index (χ0v) is 19.4. The molecule has 4 heteroatoms. The minimum absolute atomic E-state index is 0.0861. The third kappa shape index (κ3) is 3.50. The number of hydrogen-bond donors (Lipinski definition) is 4. The molecule has 0 aromatic rings. The van der Waals surface area contributed by atoms with Crippen LogP contribution in [0.25, 0.3) is 0 Å². The number of hydrogen-bond acceptors (Lipinski definition) is 4. The van der Waals surface area contributed by atoms with Gasteiger partial charge < -0.3 is 20.4 Å². The molecule has 0 aromatic heterocycles. The summed E-state index contributed by atoms with van der Waals surface area (Å²) in [5.74, 6) is 2.37. The van der Waals surface area contributed by atoms with E-state index < -0.39 is 0 Å². The maximum atomic E-state index is 11.3. The van der Waals surface area contributed by atoms with Crippen LogP contribution in [0.4, 0.5) is 0 Å². The Balaban J connectivity index is 1.59. The van der Waals surface area contributed by atoms with Crippen LogP contribution < -0.4 is 0 Å². The summed E-state index contributed by atoms with van der Waals surface area (Å²) in [6.07, 6.45) is 10.0. The minimum atomic E-state index is -0.359. The Morgan fingerprint density at radius 2 is 1.57 bits per heavy atom. The van der Waals surface area contributed by atoms with E-state index in [1.165, 1.54) is 6.42 Å². The van der Waals surface area contributed by atoms with Gasteiger partial charge in [0, 0.05) is 6.61 Å². The zero-order chi connectivity index (χ0) is 21.8. The van der Waals surface area contributed by atoms with E-state index in [1.54, 1.807) is 0 Å². The molecule has 0 amide bonds. The highest BCUT2D eigenvalue weighted by Crippen LogP contribution is 2.68. The Hall–Kier alpha value is -0.420. The molecule has 0 heterocycles. The van der Waals surface area contributed by atoms with Gasteiger partial charge in [0.15, 0.2) is 0 Å². The Labute approximate surface area is 182 Å². The zero-order valence-electron chi connectivity index (χ0n) is 19.4. The molecule has 4 N–H and O–H groups in total. The van der Waals surface area contributed by atoms with Crippen molar-refractivity contribution in [2.24, 2.45) is 52.3 Å². The lowest BCUT2D eigenvalue weighted by molar-refractivity contribution is -0.180. The van der Waals surface area contributed by atoms with E-state index in [0.717, 1.165) is 38.5 Å². The van der Waals surface area contributed by atoms with Gasteiger partial charge in [0.05, 0.1) is 18.3 Å². The summed E-state index contributed by atoms with van der Waals surface area (Å²) < 4.78 is 0. The van der Waals surface area contributed by atoms with Crippen LogP contribution in [-0.4, -0.2) is 45.3 Å². The average molecular weight is 421 g/mol. The summed E-state index contributed by atoms with van der Waals surface area (Å²) in [4.78, 5) is 0. The highest BCUT2D eigenvalue weighted by molar-refractivity contribution is 5.14. The average Bonchev–Trinajstić information content (AvgIpc) is 2.98. The van der Waals surface area contributed by atoms with Crippen molar-refractivity contribution in [3.05, 3.63) is 12.2 Å². The quantitative estimate of drug-likeness (QED) is 0.522. The monoisotopic (exact) mass is 420 g/mol. The van der Waals surface area contributed by atoms with Crippen molar-refractivity contribution in [1.29, 1.82) is 0 Å². The molecule has 0 aromatic carbocycles. The van der Waals surface area contributed by atoms with E-state index in [9.17, 15) is 20.4 Å². The third-order valence-electron chi connectivity index (χ3n) is 10.4. The second-order valence-corrected chi connectivity index (χ2v) is 12.0. The molecule has 4 rings (SSSR count). The van der Waals surface area contributed by atoms with E-state index in [0.29, 0.717) is 23.7 Å². The van der Waals surface area contributed by atoms with Crippen molar-refractivity contribution in [1.82, 2.24) is 0 Å². The van der Waals surface area contributed by atoms with E-state index >= 15 is 0 Å². The molecule has 4 fully saturated rings. The second-order valence-electron chi connectivity index (χ2n) is 12.0. The normalized spacial score (nSPS) is 53.1. The number of allylic oxidation sites excluding steroid dienone is 1. The summed E-state index contributed by atoms with van der Waals surface area (Å²) in [5.41, 5.74) is 0.187. The van der Waals surface area contributed by atoms with E-state index in [-0.39, 0.29) is 53.5 Å². The Bertz CT molecular complexity index is 649. The van der Waals surface area contributed by atoms with Gasteiger partial charge in [-0.1, -0.05) is 39.8 Å². The lowest BCUT2D eigenvalue weighted by Gasteiger charge is -2.62. The largest absolute Gasteiger partial charge is 0.396 e. The summed E-state index contributed by atoms with van der Waals surface area (Å²) in [5, 5.41) is 42.0. The molecule has 0 spiro atoms. The van der Waals surface area contributed by atoms with Crippen LogP contribution in [-0.2, 0) is 0 Å². The number of rotatable bonds is 4. The first kappa shape index (κ1) is 22.8. The van der Waals surface area contributed by atoms with Crippen molar-refractivity contribution < 1.29 is 20.4 Å². The smallest absolute Gasteiger partial charge is 0.0579 e. The fourth-order valence-electron chi connectivity index (χ4n) is 8.77. The highest BCUT2D eigenvalue weighted by Gasteiger charge is 2.64. The summed E-state index contributed by atoms with van der Waals surface area (Å²) in [7, 11) is 0. The van der Waals surface area contributed by atoms with Gasteiger partial charge >= 0.3 is 0 Å². The van der Waals surface area contributed by atoms with Gasteiger partial charge in [-0.25, -0.2) is 0 Å². The maximum absolute atomic E-state index is 11.3. The van der Waals surface area contributed by atoms with Crippen LogP contribution in [0.2, 0.25) is 0 Å². The molecular formula is C26H44O4. The molecule has 0 bridgehead atoms. The number of aliphatic hydroxyl groups is 4. The second kappa shape index (κ2) is 8.17. The molecule has 4 aliphatic rings. The van der Waals surface area contributed by atoms with Gasteiger partial charge in [-0.05, 0) is 97.2 Å². The number of fused-ring (bicyclic) bond motifs is 5. The highest BCUT2D eigenvalue weighted by atomic mass is 16.3. The third-order valence-corrected chi connectivity index (χ3v) is 10.4. The molecule has 0 radical (unpaired) electrons. The Morgan fingerprint density at radius 1 is 0.867 bits per heavy atom. The molecule has 172 valence electrons. The van der Waals surface area contributed by atoms with E-state index in [2.05, 4.69) is 32.9 Å². The SMILES string of the molecule is C[C@H](/C=C/[C@@H](C)[C@H]1C[C@@H](O)[C@H]2[C@@H]3C[C@H](O)[C@H]4C[C@@H](O)CC[C@]4(C)[C@H]3CC[C@@]21C)CO. The maximum Gasteiger partial charge on any atom is 0.0579 e. The molecule has 4 saturated carbocycles. The van der Waals surface area contributed by atoms with Crippen molar-refractivity contribution >= 4 is 0 Å². The van der Waals surface area contributed by atoms with Crippen LogP contribution in [0.1, 0.15) is 72.6 Å².